The van der Waals surface area contributed by atoms with Gasteiger partial charge in [-0.25, -0.2) is 4.98 Å². The highest BCUT2D eigenvalue weighted by Crippen LogP contribution is 2.15. The van der Waals surface area contributed by atoms with E-state index in [9.17, 15) is 0 Å². The second kappa shape index (κ2) is 5.18. The number of hydrogen-bond donors (Lipinski definition) is 2. The molecule has 0 spiro atoms. The maximum atomic E-state index is 5.33. The molecular weight excluding hydrogens is 238 g/mol. The highest BCUT2D eigenvalue weighted by atomic mass is 16.3. The maximum absolute atomic E-state index is 5.33. The minimum Gasteiger partial charge on any atom is -0.469 e. The van der Waals surface area contributed by atoms with Crippen LogP contribution in [0.4, 0.5) is 5.82 Å². The molecule has 0 amide bonds. The molecule has 0 aliphatic heterocycles. The zero-order valence-corrected chi connectivity index (χ0v) is 10.9. The smallest absolute Gasteiger partial charge is 0.139 e. The van der Waals surface area contributed by atoms with E-state index in [1.54, 1.807) is 6.26 Å². The molecule has 0 aliphatic carbocycles. The summed E-state index contributed by atoms with van der Waals surface area (Å²) in [6.07, 6.45) is 5.57. The van der Waals surface area contributed by atoms with Crippen LogP contribution < -0.4 is 5.32 Å². The second-order valence-corrected chi connectivity index (χ2v) is 4.78. The first-order valence-electron chi connectivity index (χ1n) is 6.54. The fourth-order valence-corrected chi connectivity index (χ4v) is 2.15. The molecule has 3 heterocycles. The number of nitrogens with one attached hydrogen (secondary N) is 2. The Bertz CT molecular complexity index is 642. The normalized spacial score (nSPS) is 12.7. The predicted molar refractivity (Wildman–Crippen MR) is 76.2 cm³/mol. The number of furan rings is 1. The first-order chi connectivity index (χ1) is 9.31. The average molecular weight is 255 g/mol. The molecule has 3 rings (SSSR count). The number of rotatable bonds is 5. The Morgan fingerprint density at radius 2 is 2.26 bits per heavy atom. The summed E-state index contributed by atoms with van der Waals surface area (Å²) in [5.74, 6) is 1.93. The van der Waals surface area contributed by atoms with Crippen LogP contribution in [0.1, 0.15) is 19.1 Å². The van der Waals surface area contributed by atoms with E-state index < -0.39 is 0 Å². The van der Waals surface area contributed by atoms with Gasteiger partial charge in [-0.3, -0.25) is 0 Å². The third kappa shape index (κ3) is 2.78. The van der Waals surface area contributed by atoms with Crippen LogP contribution in [0.5, 0.6) is 0 Å². The van der Waals surface area contributed by atoms with Gasteiger partial charge >= 0.3 is 0 Å². The Hall–Kier alpha value is -2.23. The summed E-state index contributed by atoms with van der Waals surface area (Å²) in [5, 5.41) is 4.55. The van der Waals surface area contributed by atoms with Crippen molar-refractivity contribution in [1.29, 1.82) is 0 Å². The highest BCUT2D eigenvalue weighted by Gasteiger charge is 2.06. The zero-order valence-electron chi connectivity index (χ0n) is 10.9. The number of fused-ring (bicyclic) bond motifs is 1. The minimum atomic E-state index is 0.352. The van der Waals surface area contributed by atoms with Crippen LogP contribution in [0.25, 0.3) is 11.0 Å². The molecule has 0 saturated heterocycles. The van der Waals surface area contributed by atoms with Gasteiger partial charge in [0.2, 0.25) is 0 Å². The van der Waals surface area contributed by atoms with Crippen molar-refractivity contribution in [3.05, 3.63) is 48.6 Å². The van der Waals surface area contributed by atoms with E-state index in [-0.39, 0.29) is 0 Å². The standard InChI is InChI=1S/C15H17N3O/c1-11(4-6-13-3-2-10-19-13)17-14-7-5-12-8-9-16-15(12)18-14/h2-3,5,7-11H,4,6H2,1H3,(H2,16,17,18)/t11-/m0/s1. The van der Waals surface area contributed by atoms with Crippen molar-refractivity contribution >= 4 is 16.9 Å². The number of hydrogen-bond acceptors (Lipinski definition) is 3. The minimum absolute atomic E-state index is 0.352. The summed E-state index contributed by atoms with van der Waals surface area (Å²) in [5.41, 5.74) is 0.920. The van der Waals surface area contributed by atoms with Gasteiger partial charge in [0, 0.05) is 24.0 Å². The summed E-state index contributed by atoms with van der Waals surface area (Å²) in [6, 6.07) is 10.4. The number of anilines is 1. The van der Waals surface area contributed by atoms with Gasteiger partial charge in [0.25, 0.3) is 0 Å². The van der Waals surface area contributed by atoms with E-state index >= 15 is 0 Å². The first-order valence-corrected chi connectivity index (χ1v) is 6.54. The summed E-state index contributed by atoms with van der Waals surface area (Å²) in [7, 11) is 0. The fraction of sp³-hybridized carbons (Fsp3) is 0.267. The third-order valence-corrected chi connectivity index (χ3v) is 3.21. The quantitative estimate of drug-likeness (QED) is 0.732. The van der Waals surface area contributed by atoms with Gasteiger partial charge in [-0.15, -0.1) is 0 Å². The SMILES string of the molecule is C[C@@H](CCc1ccco1)Nc1ccc2cc[nH]c2n1. The van der Waals surface area contributed by atoms with Crippen molar-refractivity contribution in [3.8, 4) is 0 Å². The summed E-state index contributed by atoms with van der Waals surface area (Å²) in [4.78, 5) is 7.65. The molecule has 0 aliphatic rings. The molecule has 4 heteroatoms. The van der Waals surface area contributed by atoms with Crippen LogP contribution in [-0.4, -0.2) is 16.0 Å². The lowest BCUT2D eigenvalue weighted by Gasteiger charge is -2.13. The predicted octanol–water partition coefficient (Wildman–Crippen LogP) is 3.59. The van der Waals surface area contributed by atoms with Gasteiger partial charge in [-0.05, 0) is 43.7 Å². The van der Waals surface area contributed by atoms with Crippen molar-refractivity contribution in [2.45, 2.75) is 25.8 Å². The van der Waals surface area contributed by atoms with Gasteiger partial charge in [-0.1, -0.05) is 0 Å². The Morgan fingerprint density at radius 3 is 3.11 bits per heavy atom. The molecule has 1 atom stereocenters. The van der Waals surface area contributed by atoms with Crippen LogP contribution in [0.2, 0.25) is 0 Å². The molecule has 0 aromatic carbocycles. The molecule has 2 N–H and O–H groups in total. The molecule has 0 radical (unpaired) electrons. The Morgan fingerprint density at radius 1 is 1.32 bits per heavy atom. The molecule has 4 nitrogen and oxygen atoms in total. The van der Waals surface area contributed by atoms with Crippen molar-refractivity contribution in [3.63, 3.8) is 0 Å². The molecule has 3 aromatic rings. The van der Waals surface area contributed by atoms with Gasteiger partial charge in [0.1, 0.15) is 17.2 Å². The molecule has 0 fully saturated rings. The highest BCUT2D eigenvalue weighted by molar-refractivity contribution is 5.77. The van der Waals surface area contributed by atoms with Crippen LogP contribution in [0.3, 0.4) is 0 Å². The van der Waals surface area contributed by atoms with E-state index in [2.05, 4.69) is 28.3 Å². The Kier molecular flexibility index (Phi) is 3.23. The van der Waals surface area contributed by atoms with Gasteiger partial charge < -0.3 is 14.7 Å². The van der Waals surface area contributed by atoms with Crippen LogP contribution >= 0.6 is 0 Å². The molecule has 98 valence electrons. The fourth-order valence-electron chi connectivity index (χ4n) is 2.15. The topological polar surface area (TPSA) is 53.9 Å². The van der Waals surface area contributed by atoms with Gasteiger partial charge in [0.05, 0.1) is 6.26 Å². The number of pyridine rings is 1. The Balaban J connectivity index is 1.60. The lowest BCUT2D eigenvalue weighted by molar-refractivity contribution is 0.495. The number of nitrogens with zero attached hydrogens (tertiary/aromatic N) is 1. The number of aromatic amines is 1. The van der Waals surface area contributed by atoms with Crippen LogP contribution in [0.15, 0.2) is 47.2 Å². The molecule has 0 bridgehead atoms. The number of aryl methyl sites for hydroxylation is 1. The molecule has 0 saturated carbocycles. The van der Waals surface area contributed by atoms with E-state index in [4.69, 9.17) is 4.42 Å². The summed E-state index contributed by atoms with van der Waals surface area (Å²) < 4.78 is 5.33. The van der Waals surface area contributed by atoms with Crippen molar-refractivity contribution in [1.82, 2.24) is 9.97 Å². The summed E-state index contributed by atoms with van der Waals surface area (Å²) >= 11 is 0. The van der Waals surface area contributed by atoms with E-state index in [1.807, 2.05) is 30.5 Å². The van der Waals surface area contributed by atoms with E-state index in [0.29, 0.717) is 6.04 Å². The Labute approximate surface area is 111 Å². The molecule has 0 unspecified atom stereocenters. The first kappa shape index (κ1) is 11.8. The van der Waals surface area contributed by atoms with E-state index in [0.717, 1.165) is 35.5 Å². The molecular formula is C15H17N3O. The maximum Gasteiger partial charge on any atom is 0.139 e. The van der Waals surface area contributed by atoms with Crippen molar-refractivity contribution in [2.24, 2.45) is 0 Å². The zero-order chi connectivity index (χ0) is 13.1. The molecule has 19 heavy (non-hydrogen) atoms. The van der Waals surface area contributed by atoms with E-state index in [1.165, 1.54) is 0 Å². The monoisotopic (exact) mass is 255 g/mol. The lowest BCUT2D eigenvalue weighted by atomic mass is 10.1. The third-order valence-electron chi connectivity index (χ3n) is 3.21. The molecule has 3 aromatic heterocycles. The summed E-state index contributed by atoms with van der Waals surface area (Å²) in [6.45, 7) is 2.16. The van der Waals surface area contributed by atoms with Gasteiger partial charge in [0.15, 0.2) is 0 Å². The number of aromatic nitrogens is 2. The van der Waals surface area contributed by atoms with Gasteiger partial charge in [-0.2, -0.15) is 0 Å². The lowest BCUT2D eigenvalue weighted by Crippen LogP contribution is -2.16. The number of H-pyrrole nitrogens is 1. The second-order valence-electron chi connectivity index (χ2n) is 4.78. The largest absolute Gasteiger partial charge is 0.469 e. The average Bonchev–Trinajstić information content (AvgIpc) is 3.07. The van der Waals surface area contributed by atoms with Crippen molar-refractivity contribution in [2.75, 3.05) is 5.32 Å². The van der Waals surface area contributed by atoms with Crippen LogP contribution in [0, 0.1) is 0 Å². The van der Waals surface area contributed by atoms with Crippen LogP contribution in [-0.2, 0) is 6.42 Å². The van der Waals surface area contributed by atoms with Crippen molar-refractivity contribution < 1.29 is 4.42 Å².